The van der Waals surface area contributed by atoms with Crippen molar-refractivity contribution in [2.24, 2.45) is 5.92 Å². The highest BCUT2D eigenvalue weighted by molar-refractivity contribution is 6.22. The van der Waals surface area contributed by atoms with Gasteiger partial charge in [-0.1, -0.05) is 17.7 Å². The number of anilines is 1. The van der Waals surface area contributed by atoms with Crippen molar-refractivity contribution in [3.05, 3.63) is 29.8 Å². The van der Waals surface area contributed by atoms with E-state index >= 15 is 0 Å². The number of carbonyl (C=O) groups excluding carboxylic acids is 3. The van der Waals surface area contributed by atoms with Crippen LogP contribution in [-0.4, -0.2) is 48.4 Å². The summed E-state index contributed by atoms with van der Waals surface area (Å²) in [6, 6.07) is 6.99. The van der Waals surface area contributed by atoms with Crippen molar-refractivity contribution in [2.75, 3.05) is 24.6 Å². The van der Waals surface area contributed by atoms with E-state index in [1.165, 1.54) is 4.90 Å². The fourth-order valence-electron chi connectivity index (χ4n) is 3.57. The van der Waals surface area contributed by atoms with Crippen LogP contribution in [0.1, 0.15) is 31.7 Å². The van der Waals surface area contributed by atoms with Gasteiger partial charge in [0, 0.05) is 0 Å². The lowest BCUT2D eigenvalue weighted by Crippen LogP contribution is -2.47. The van der Waals surface area contributed by atoms with E-state index in [4.69, 9.17) is 4.74 Å². The number of nitrogens with zero attached hydrogens (tertiary/aromatic N) is 2. The van der Waals surface area contributed by atoms with Gasteiger partial charge in [-0.2, -0.15) is 0 Å². The van der Waals surface area contributed by atoms with E-state index in [9.17, 15) is 14.4 Å². The van der Waals surface area contributed by atoms with Crippen molar-refractivity contribution in [1.82, 2.24) is 4.90 Å². The molecule has 0 saturated carbocycles. The van der Waals surface area contributed by atoms with Crippen LogP contribution in [0.15, 0.2) is 24.3 Å². The van der Waals surface area contributed by atoms with E-state index in [1.54, 1.807) is 19.1 Å². The molecule has 134 valence electrons. The van der Waals surface area contributed by atoms with Gasteiger partial charge in [0.25, 0.3) is 5.91 Å². The predicted molar refractivity (Wildman–Crippen MR) is 93.0 cm³/mol. The summed E-state index contributed by atoms with van der Waals surface area (Å²) in [5.74, 6) is -0.580. The Kier molecular flexibility index (Phi) is 5.18. The summed E-state index contributed by atoms with van der Waals surface area (Å²) >= 11 is 0. The summed E-state index contributed by atoms with van der Waals surface area (Å²) in [6.45, 7) is 5.42. The normalized spacial score (nSPS) is 22.5. The van der Waals surface area contributed by atoms with Crippen LogP contribution in [0, 0.1) is 12.8 Å². The van der Waals surface area contributed by atoms with Crippen molar-refractivity contribution >= 4 is 23.5 Å². The SMILES string of the molecule is CCOC(=O)C1CCN(C2CC(=O)N(c3ccc(C)cc3)C2=O)CC1. The number of imide groups is 1. The maximum Gasteiger partial charge on any atom is 0.309 e. The third kappa shape index (κ3) is 3.58. The topological polar surface area (TPSA) is 66.9 Å². The Morgan fingerprint density at radius 1 is 1.16 bits per heavy atom. The molecule has 2 aliphatic rings. The quantitative estimate of drug-likeness (QED) is 0.616. The summed E-state index contributed by atoms with van der Waals surface area (Å²) in [5.41, 5.74) is 1.71. The second-order valence-corrected chi connectivity index (χ2v) is 6.69. The van der Waals surface area contributed by atoms with Crippen molar-refractivity contribution in [2.45, 2.75) is 39.2 Å². The van der Waals surface area contributed by atoms with Gasteiger partial charge in [-0.15, -0.1) is 0 Å². The Hall–Kier alpha value is -2.21. The third-order valence-corrected chi connectivity index (χ3v) is 5.01. The number of ether oxygens (including phenoxy) is 1. The molecule has 6 heteroatoms. The zero-order chi connectivity index (χ0) is 18.0. The molecule has 2 amide bonds. The fraction of sp³-hybridized carbons (Fsp3) is 0.526. The highest BCUT2D eigenvalue weighted by Gasteiger charge is 2.43. The van der Waals surface area contributed by atoms with Gasteiger partial charge in [-0.25, -0.2) is 4.90 Å². The number of rotatable bonds is 4. The molecule has 1 unspecified atom stereocenters. The Bertz CT molecular complexity index is 663. The Balaban J connectivity index is 1.65. The first-order valence-corrected chi connectivity index (χ1v) is 8.85. The molecule has 0 aliphatic carbocycles. The van der Waals surface area contributed by atoms with E-state index < -0.39 is 6.04 Å². The first kappa shape index (κ1) is 17.6. The lowest BCUT2D eigenvalue weighted by Gasteiger charge is -2.33. The Labute approximate surface area is 147 Å². The molecule has 2 aliphatic heterocycles. The molecule has 0 bridgehead atoms. The maximum absolute atomic E-state index is 12.8. The molecular formula is C19H24N2O4. The molecule has 1 atom stereocenters. The molecular weight excluding hydrogens is 320 g/mol. The highest BCUT2D eigenvalue weighted by Crippen LogP contribution is 2.29. The van der Waals surface area contributed by atoms with Gasteiger partial charge in [-0.05, 0) is 51.9 Å². The number of hydrogen-bond donors (Lipinski definition) is 0. The van der Waals surface area contributed by atoms with Gasteiger partial charge >= 0.3 is 5.97 Å². The second-order valence-electron chi connectivity index (χ2n) is 6.69. The van der Waals surface area contributed by atoms with Crippen molar-refractivity contribution in [3.63, 3.8) is 0 Å². The largest absolute Gasteiger partial charge is 0.466 e. The van der Waals surface area contributed by atoms with Crippen LogP contribution in [-0.2, 0) is 19.1 Å². The van der Waals surface area contributed by atoms with Crippen LogP contribution in [0.4, 0.5) is 5.69 Å². The van der Waals surface area contributed by atoms with Gasteiger partial charge in [0.2, 0.25) is 5.91 Å². The molecule has 0 radical (unpaired) electrons. The summed E-state index contributed by atoms with van der Waals surface area (Å²) < 4.78 is 5.08. The standard InChI is InChI=1S/C19H24N2O4/c1-3-25-19(24)14-8-10-20(11-9-14)16-12-17(22)21(18(16)23)15-6-4-13(2)5-7-15/h4-7,14,16H,3,8-12H2,1-2H3. The van der Waals surface area contributed by atoms with E-state index in [0.29, 0.717) is 38.2 Å². The summed E-state index contributed by atoms with van der Waals surface area (Å²) in [5, 5.41) is 0. The minimum Gasteiger partial charge on any atom is -0.466 e. The predicted octanol–water partition coefficient (Wildman–Crippen LogP) is 1.90. The zero-order valence-corrected chi connectivity index (χ0v) is 14.7. The molecule has 2 saturated heterocycles. The summed E-state index contributed by atoms with van der Waals surface area (Å²) in [7, 11) is 0. The van der Waals surface area contributed by atoms with E-state index in [2.05, 4.69) is 0 Å². The number of esters is 1. The van der Waals surface area contributed by atoms with Gasteiger partial charge in [0.05, 0.1) is 30.7 Å². The molecule has 0 N–H and O–H groups in total. The molecule has 1 aromatic carbocycles. The number of amides is 2. The monoisotopic (exact) mass is 344 g/mol. The number of likely N-dealkylation sites (tertiary alicyclic amines) is 1. The van der Waals surface area contributed by atoms with E-state index in [0.717, 1.165) is 5.56 Å². The van der Waals surface area contributed by atoms with Gasteiger partial charge in [0.15, 0.2) is 0 Å². The maximum atomic E-state index is 12.8. The average Bonchev–Trinajstić information content (AvgIpc) is 2.91. The molecule has 6 nitrogen and oxygen atoms in total. The van der Waals surface area contributed by atoms with Gasteiger partial charge < -0.3 is 4.74 Å². The molecule has 0 spiro atoms. The fourth-order valence-corrected chi connectivity index (χ4v) is 3.57. The Morgan fingerprint density at radius 3 is 2.40 bits per heavy atom. The molecule has 25 heavy (non-hydrogen) atoms. The van der Waals surface area contributed by atoms with Crippen LogP contribution >= 0.6 is 0 Å². The van der Waals surface area contributed by atoms with Crippen molar-refractivity contribution in [1.29, 1.82) is 0 Å². The Morgan fingerprint density at radius 2 is 1.80 bits per heavy atom. The lowest BCUT2D eigenvalue weighted by molar-refractivity contribution is -0.149. The number of aryl methyl sites for hydroxylation is 1. The summed E-state index contributed by atoms with van der Waals surface area (Å²) in [6.07, 6.45) is 1.54. The minimum absolute atomic E-state index is 0.100. The first-order chi connectivity index (χ1) is 12.0. The van der Waals surface area contributed by atoms with Crippen LogP contribution in [0.2, 0.25) is 0 Å². The average molecular weight is 344 g/mol. The summed E-state index contributed by atoms with van der Waals surface area (Å²) in [4.78, 5) is 40.3. The third-order valence-electron chi connectivity index (χ3n) is 5.01. The van der Waals surface area contributed by atoms with E-state index in [-0.39, 0.29) is 30.1 Å². The van der Waals surface area contributed by atoms with Crippen LogP contribution in [0.25, 0.3) is 0 Å². The highest BCUT2D eigenvalue weighted by atomic mass is 16.5. The molecule has 2 heterocycles. The molecule has 3 rings (SSSR count). The number of hydrogen-bond acceptors (Lipinski definition) is 5. The van der Waals surface area contributed by atoms with Crippen LogP contribution in [0.3, 0.4) is 0 Å². The van der Waals surface area contributed by atoms with Crippen LogP contribution < -0.4 is 4.90 Å². The van der Waals surface area contributed by atoms with Crippen molar-refractivity contribution in [3.8, 4) is 0 Å². The lowest BCUT2D eigenvalue weighted by atomic mass is 9.95. The number of benzene rings is 1. The minimum atomic E-state index is -0.419. The second kappa shape index (κ2) is 7.35. The van der Waals surface area contributed by atoms with Gasteiger partial charge in [0.1, 0.15) is 0 Å². The van der Waals surface area contributed by atoms with Crippen molar-refractivity contribution < 1.29 is 19.1 Å². The van der Waals surface area contributed by atoms with E-state index in [1.807, 2.05) is 24.0 Å². The molecule has 0 aromatic heterocycles. The first-order valence-electron chi connectivity index (χ1n) is 8.85. The van der Waals surface area contributed by atoms with Crippen LogP contribution in [0.5, 0.6) is 0 Å². The zero-order valence-electron chi connectivity index (χ0n) is 14.7. The smallest absolute Gasteiger partial charge is 0.309 e. The molecule has 2 fully saturated rings. The van der Waals surface area contributed by atoms with Gasteiger partial charge in [-0.3, -0.25) is 19.3 Å². The number of carbonyl (C=O) groups is 3. The number of piperidine rings is 1. The molecule has 1 aromatic rings.